The number of alkyl halides is 3. The number of hydrogen-bond donors (Lipinski definition) is 0. The average molecular weight is 760 g/mol. The van der Waals surface area contributed by atoms with E-state index in [2.05, 4.69) is 0 Å². The number of rotatable bonds is 12. The highest BCUT2D eigenvalue weighted by Crippen LogP contribution is 2.32. The van der Waals surface area contributed by atoms with Gasteiger partial charge in [-0.1, -0.05) is 60.1 Å². The summed E-state index contributed by atoms with van der Waals surface area (Å²) in [5, 5.41) is -1.63. The van der Waals surface area contributed by atoms with Gasteiger partial charge in [-0.2, -0.15) is 13.2 Å². The Balaban J connectivity index is 1.49. The fourth-order valence-corrected chi connectivity index (χ4v) is 6.66. The Morgan fingerprint density at radius 2 is 1.68 bits per heavy atom. The summed E-state index contributed by atoms with van der Waals surface area (Å²) >= 11 is -0.0972. The van der Waals surface area contributed by atoms with Gasteiger partial charge in [0.15, 0.2) is 17.1 Å². The van der Waals surface area contributed by atoms with Crippen LogP contribution in [0.1, 0.15) is 48.8 Å². The van der Waals surface area contributed by atoms with Crippen LogP contribution in [0.25, 0.3) is 22.0 Å². The first-order chi connectivity index (χ1) is 29.3. The van der Waals surface area contributed by atoms with Crippen LogP contribution in [0.15, 0.2) is 101 Å². The van der Waals surface area contributed by atoms with E-state index in [9.17, 15) is 25.1 Å². The predicted octanol–water partition coefficient (Wildman–Crippen LogP) is 8.71. The van der Waals surface area contributed by atoms with Crippen LogP contribution in [0.3, 0.4) is 0 Å². The van der Waals surface area contributed by atoms with Crippen LogP contribution in [-0.4, -0.2) is 59.6 Å². The van der Waals surface area contributed by atoms with Crippen LogP contribution in [0, 0.1) is 18.6 Å². The Kier molecular flexibility index (Phi) is 8.52. The summed E-state index contributed by atoms with van der Waals surface area (Å²) < 4.78 is 163. The van der Waals surface area contributed by atoms with Gasteiger partial charge in [0, 0.05) is 64.8 Å². The van der Waals surface area contributed by atoms with E-state index >= 15 is 9.18 Å². The number of carbonyl (C=O) groups is 1. The number of likely N-dealkylation sites (tertiary alicyclic amines) is 1. The van der Waals surface area contributed by atoms with Crippen LogP contribution in [0.4, 0.5) is 22.0 Å². The van der Waals surface area contributed by atoms with Gasteiger partial charge in [-0.25, -0.2) is 8.78 Å². The monoisotopic (exact) mass is 759 g/mol. The number of hydrogen-bond acceptors (Lipinski definition) is 5. The zero-order chi connectivity index (χ0) is 46.6. The highest BCUT2D eigenvalue weighted by molar-refractivity contribution is 7.98. The van der Waals surface area contributed by atoms with Crippen molar-refractivity contribution in [3.63, 3.8) is 0 Å². The molecule has 0 N–H and O–H groups in total. The van der Waals surface area contributed by atoms with E-state index in [0.717, 1.165) is 30.3 Å². The second-order valence-corrected chi connectivity index (χ2v) is 13.1. The fraction of sp³-hybridized carbons (Fsp3) is 0.317. The molecule has 0 atom stereocenters. The zero-order valence-corrected chi connectivity index (χ0v) is 29.4. The number of ether oxygens (including phenoxy) is 1. The van der Waals surface area contributed by atoms with Crippen molar-refractivity contribution < 1.29 is 45.2 Å². The van der Waals surface area contributed by atoms with E-state index in [-0.39, 0.29) is 56.3 Å². The smallest absolute Gasteiger partial charge is 0.383 e. The molecule has 1 fully saturated rings. The van der Waals surface area contributed by atoms with Crippen molar-refractivity contribution in [1.82, 2.24) is 14.4 Å². The Bertz CT molecular complexity index is 2610. The Labute approximate surface area is 323 Å². The lowest BCUT2D eigenvalue weighted by molar-refractivity contribution is -0.137. The van der Waals surface area contributed by atoms with E-state index in [0.29, 0.717) is 21.3 Å². The number of nitrogens with zero attached hydrogens (tertiary/aromatic N) is 3. The molecule has 0 bridgehead atoms. The number of aromatic nitrogens is 1. The number of thioether (sulfide) groups is 1. The first kappa shape index (κ1) is 27.1. The molecule has 0 saturated carbocycles. The van der Waals surface area contributed by atoms with Crippen molar-refractivity contribution >= 4 is 28.6 Å². The molecule has 1 aliphatic rings. The summed E-state index contributed by atoms with van der Waals surface area (Å²) in [5.41, 5.74) is -5.62. The average Bonchev–Trinajstić information content (AvgIpc) is 3.23. The maximum absolute atomic E-state index is 15.1. The molecule has 0 spiro atoms. The third kappa shape index (κ3) is 9.17. The summed E-state index contributed by atoms with van der Waals surface area (Å²) in [4.78, 5) is 32.0. The first-order valence-corrected chi connectivity index (χ1v) is 17.3. The summed E-state index contributed by atoms with van der Waals surface area (Å²) in [6.07, 6.45) is -4.21. The predicted molar refractivity (Wildman–Crippen MR) is 198 cm³/mol. The zero-order valence-electron chi connectivity index (χ0n) is 38.5. The van der Waals surface area contributed by atoms with E-state index in [1.807, 2.05) is 0 Å². The number of pyridine rings is 1. The van der Waals surface area contributed by atoms with Crippen LogP contribution < -0.4 is 5.43 Å². The second-order valence-electron chi connectivity index (χ2n) is 12.3. The van der Waals surface area contributed by atoms with E-state index in [4.69, 9.17) is 15.7 Å². The highest BCUT2D eigenvalue weighted by Gasteiger charge is 2.31. The number of benzene rings is 4. The molecule has 2 heterocycles. The minimum atomic E-state index is -4.54. The van der Waals surface area contributed by atoms with Crippen molar-refractivity contribution in [2.24, 2.45) is 0 Å². The van der Waals surface area contributed by atoms with Crippen molar-refractivity contribution in [3.8, 4) is 11.1 Å². The first-order valence-electron chi connectivity index (χ1n) is 21.5. The van der Waals surface area contributed by atoms with Crippen molar-refractivity contribution in [1.29, 1.82) is 0 Å². The number of piperidine rings is 1. The van der Waals surface area contributed by atoms with Gasteiger partial charge in [0.1, 0.15) is 6.50 Å². The van der Waals surface area contributed by atoms with Gasteiger partial charge in [-0.15, -0.1) is 11.8 Å². The van der Waals surface area contributed by atoms with Gasteiger partial charge in [0.2, 0.25) is 5.91 Å². The normalized spacial score (nSPS) is 17.7. The molecule has 1 amide bonds. The van der Waals surface area contributed by atoms with Crippen molar-refractivity contribution in [3.05, 3.63) is 135 Å². The standard InChI is InChI=1S/C41H40F5N3O3S/c1-27-6-15-36-34(22-27)37(50)23-39(53-26-31-4-3-5-35(42)40(31)43)49(36)25-38(51)48(33-16-18-47(19-17-33)20-21-52-2)24-28-7-9-29(10-8-28)30-11-13-32(14-12-30)41(44,45)46/h3-15,22-23,33H,16-21,24-26H2,1-2H3/i6D,15D,21D2,22D,23D,25D2,26D2. The molecule has 53 heavy (non-hydrogen) atoms. The number of methoxy groups -OCH3 is 1. The molecule has 0 unspecified atom stereocenters. The van der Waals surface area contributed by atoms with E-state index in [1.165, 1.54) is 31.1 Å². The van der Waals surface area contributed by atoms with E-state index in [1.54, 1.807) is 29.2 Å². The molecule has 0 radical (unpaired) electrons. The number of halogens is 5. The van der Waals surface area contributed by atoms with E-state index < -0.39 is 105 Å². The molecule has 1 aliphatic heterocycles. The van der Waals surface area contributed by atoms with Gasteiger partial charge in [0.25, 0.3) is 0 Å². The van der Waals surface area contributed by atoms with Gasteiger partial charge >= 0.3 is 6.18 Å². The topological polar surface area (TPSA) is 54.8 Å². The van der Waals surface area contributed by atoms with Crippen molar-refractivity contribution in [2.45, 2.75) is 55.8 Å². The number of carbonyl (C=O) groups excluding carboxylic acids is 1. The lowest BCUT2D eigenvalue weighted by Gasteiger charge is -2.39. The molecule has 278 valence electrons. The second kappa shape index (κ2) is 16.7. The molecule has 6 rings (SSSR count). The molecular weight excluding hydrogens is 710 g/mol. The molecule has 1 saturated heterocycles. The molecule has 1 aromatic heterocycles. The lowest BCUT2D eigenvalue weighted by atomic mass is 10.00. The van der Waals surface area contributed by atoms with Crippen LogP contribution in [0.5, 0.6) is 0 Å². The molecule has 5 aromatic rings. The largest absolute Gasteiger partial charge is 0.416 e. The molecule has 0 aliphatic carbocycles. The van der Waals surface area contributed by atoms with Crippen LogP contribution in [0.2, 0.25) is 0 Å². The fourth-order valence-electron chi connectivity index (χ4n) is 5.93. The molecule has 12 heteroatoms. The van der Waals surface area contributed by atoms with Gasteiger partial charge in [-0.3, -0.25) is 9.59 Å². The molecule has 6 nitrogen and oxygen atoms in total. The number of fused-ring (bicyclic) bond motifs is 1. The third-order valence-corrected chi connectivity index (χ3v) is 9.55. The van der Waals surface area contributed by atoms with Crippen molar-refractivity contribution in [2.75, 3.05) is 33.3 Å². The quantitative estimate of drug-likeness (QED) is 0.0942. The Morgan fingerprint density at radius 3 is 2.34 bits per heavy atom. The summed E-state index contributed by atoms with van der Waals surface area (Å²) in [6, 6.07) is 9.43. The maximum Gasteiger partial charge on any atom is 0.416 e. The summed E-state index contributed by atoms with van der Waals surface area (Å²) in [6.45, 7) is -4.22. The molecular formula is C41H40F5N3O3S. The molecule has 4 aromatic carbocycles. The van der Waals surface area contributed by atoms with Gasteiger partial charge < -0.3 is 19.1 Å². The van der Waals surface area contributed by atoms with Gasteiger partial charge in [0.05, 0.1) is 33.6 Å². The minimum absolute atomic E-state index is 0.0972. The lowest BCUT2D eigenvalue weighted by Crippen LogP contribution is -2.48. The van der Waals surface area contributed by atoms with Gasteiger partial charge in [-0.05, 0) is 66.7 Å². The SMILES string of the molecule is [2H]c1c(C)c([2H])c2c(=O)c([2H])c(SC([2H])([2H])c3cccc(F)c3F)n(C([2H])([2H])C(=O)N(Cc3ccc(-c4ccc(C(F)(F)F)cc4)cc3)C3CCN(CC([2H])([2H])OC)CC3)c2c1[2H]. The van der Waals surface area contributed by atoms with Crippen LogP contribution >= 0.6 is 11.8 Å². The van der Waals surface area contributed by atoms with Crippen LogP contribution in [-0.2, 0) is 34.5 Å². The summed E-state index contributed by atoms with van der Waals surface area (Å²) in [7, 11) is 1.21. The Hall–Kier alpha value is -4.52. The summed E-state index contributed by atoms with van der Waals surface area (Å²) in [5.74, 6) is -4.38. The Morgan fingerprint density at radius 1 is 1.00 bits per heavy atom. The number of amides is 1. The minimum Gasteiger partial charge on any atom is -0.383 e. The third-order valence-electron chi connectivity index (χ3n) is 8.75. The highest BCUT2D eigenvalue weighted by atomic mass is 32.2. The maximum atomic E-state index is 15.1.